The van der Waals surface area contributed by atoms with E-state index in [1.54, 1.807) is 14.0 Å². The fourth-order valence-corrected chi connectivity index (χ4v) is 3.32. The standard InChI is InChI=1S/C16H17N3O4S/c1-9(15(21)22)24-16-18-12-10-5-3-4-6-11(10)17-13(12)14(20)19(16)7-8-23-2/h3-6,9,17H,7-8H2,1-2H3,(H,21,22)/t9-/m0/s1. The summed E-state index contributed by atoms with van der Waals surface area (Å²) in [5, 5.41) is 9.66. The molecule has 3 rings (SSSR count). The number of aromatic amines is 1. The van der Waals surface area contributed by atoms with Crippen molar-refractivity contribution in [3.05, 3.63) is 34.6 Å². The van der Waals surface area contributed by atoms with Crippen LogP contribution in [0, 0.1) is 0 Å². The summed E-state index contributed by atoms with van der Waals surface area (Å²) in [5.41, 5.74) is 1.57. The molecule has 2 N–H and O–H groups in total. The van der Waals surface area contributed by atoms with Crippen molar-refractivity contribution < 1.29 is 14.6 Å². The highest BCUT2D eigenvalue weighted by molar-refractivity contribution is 8.00. The van der Waals surface area contributed by atoms with E-state index < -0.39 is 11.2 Å². The maximum atomic E-state index is 12.9. The van der Waals surface area contributed by atoms with Crippen LogP contribution in [0.5, 0.6) is 0 Å². The third kappa shape index (κ3) is 2.90. The predicted octanol–water partition coefficient (Wildman–Crippen LogP) is 2.09. The SMILES string of the molecule is COCCn1c(S[C@@H](C)C(=O)O)nc2c([nH]c3ccccc32)c1=O. The molecule has 3 aromatic rings. The van der Waals surface area contributed by atoms with Crippen molar-refractivity contribution in [3.63, 3.8) is 0 Å². The number of ether oxygens (including phenoxy) is 1. The molecular weight excluding hydrogens is 330 g/mol. The van der Waals surface area contributed by atoms with Crippen LogP contribution in [-0.4, -0.2) is 44.6 Å². The Balaban J connectivity index is 2.23. The molecule has 1 atom stereocenters. The summed E-state index contributed by atoms with van der Waals surface area (Å²) in [6.07, 6.45) is 0. The predicted molar refractivity (Wildman–Crippen MR) is 92.7 cm³/mol. The topological polar surface area (TPSA) is 97.2 Å². The number of aromatic nitrogens is 3. The summed E-state index contributed by atoms with van der Waals surface area (Å²) in [7, 11) is 1.55. The molecule has 0 spiro atoms. The van der Waals surface area contributed by atoms with Crippen LogP contribution in [-0.2, 0) is 16.1 Å². The zero-order valence-corrected chi connectivity index (χ0v) is 14.1. The van der Waals surface area contributed by atoms with Crippen LogP contribution < -0.4 is 5.56 Å². The molecule has 2 heterocycles. The van der Waals surface area contributed by atoms with Crippen molar-refractivity contribution in [2.75, 3.05) is 13.7 Å². The van der Waals surface area contributed by atoms with Gasteiger partial charge in [-0.15, -0.1) is 0 Å². The summed E-state index contributed by atoms with van der Waals surface area (Å²) in [4.78, 5) is 31.7. The van der Waals surface area contributed by atoms with E-state index in [4.69, 9.17) is 9.84 Å². The molecule has 0 aliphatic heterocycles. The highest BCUT2D eigenvalue weighted by Gasteiger charge is 2.20. The van der Waals surface area contributed by atoms with E-state index in [2.05, 4.69) is 9.97 Å². The first-order chi connectivity index (χ1) is 11.5. The number of benzene rings is 1. The van der Waals surface area contributed by atoms with Crippen molar-refractivity contribution in [1.82, 2.24) is 14.5 Å². The number of para-hydroxylation sites is 1. The molecular formula is C16H17N3O4S. The summed E-state index contributed by atoms with van der Waals surface area (Å²) in [6.45, 7) is 2.21. The first-order valence-electron chi connectivity index (χ1n) is 7.42. The molecule has 0 bridgehead atoms. The maximum absolute atomic E-state index is 12.9. The summed E-state index contributed by atoms with van der Waals surface area (Å²) in [6, 6.07) is 7.52. The van der Waals surface area contributed by atoms with Gasteiger partial charge in [0.1, 0.15) is 16.3 Å². The number of thioether (sulfide) groups is 1. The zero-order chi connectivity index (χ0) is 17.3. The Morgan fingerprint density at radius 2 is 2.21 bits per heavy atom. The van der Waals surface area contributed by atoms with Gasteiger partial charge >= 0.3 is 5.97 Å². The van der Waals surface area contributed by atoms with Gasteiger partial charge in [0.15, 0.2) is 5.16 Å². The molecule has 0 aliphatic carbocycles. The van der Waals surface area contributed by atoms with Crippen molar-refractivity contribution in [2.45, 2.75) is 23.9 Å². The van der Waals surface area contributed by atoms with Gasteiger partial charge in [0.25, 0.3) is 5.56 Å². The van der Waals surface area contributed by atoms with Crippen LogP contribution in [0.4, 0.5) is 0 Å². The quantitative estimate of drug-likeness (QED) is 0.523. The number of H-pyrrole nitrogens is 1. The van der Waals surface area contributed by atoms with Crippen LogP contribution in [0.15, 0.2) is 34.2 Å². The average molecular weight is 347 g/mol. The van der Waals surface area contributed by atoms with E-state index in [0.29, 0.717) is 29.3 Å². The van der Waals surface area contributed by atoms with Gasteiger partial charge in [0.2, 0.25) is 0 Å². The van der Waals surface area contributed by atoms with E-state index in [1.807, 2.05) is 24.3 Å². The van der Waals surface area contributed by atoms with Gasteiger partial charge in [-0.05, 0) is 13.0 Å². The van der Waals surface area contributed by atoms with Gasteiger partial charge in [-0.3, -0.25) is 14.2 Å². The molecule has 0 fully saturated rings. The van der Waals surface area contributed by atoms with Crippen LogP contribution >= 0.6 is 11.8 Å². The number of carboxylic acids is 1. The summed E-state index contributed by atoms with van der Waals surface area (Å²) in [5.74, 6) is -0.952. The Kier molecular flexibility index (Phi) is 4.59. The maximum Gasteiger partial charge on any atom is 0.316 e. The molecule has 7 nitrogen and oxygen atoms in total. The Labute approximate surface area is 141 Å². The number of hydrogen-bond donors (Lipinski definition) is 2. The van der Waals surface area contributed by atoms with Crippen molar-refractivity contribution >= 4 is 39.7 Å². The Morgan fingerprint density at radius 3 is 2.92 bits per heavy atom. The molecule has 0 amide bonds. The van der Waals surface area contributed by atoms with E-state index in [0.717, 1.165) is 22.7 Å². The van der Waals surface area contributed by atoms with Gasteiger partial charge < -0.3 is 14.8 Å². The monoisotopic (exact) mass is 347 g/mol. The highest BCUT2D eigenvalue weighted by atomic mass is 32.2. The van der Waals surface area contributed by atoms with Gasteiger partial charge in [-0.1, -0.05) is 30.0 Å². The fraction of sp³-hybridized carbons (Fsp3) is 0.312. The molecule has 0 radical (unpaired) electrons. The molecule has 0 unspecified atom stereocenters. The smallest absolute Gasteiger partial charge is 0.316 e. The second kappa shape index (κ2) is 6.66. The summed E-state index contributed by atoms with van der Waals surface area (Å²) < 4.78 is 6.52. The molecule has 126 valence electrons. The number of methoxy groups -OCH3 is 1. The number of carboxylic acid groups (broad SMARTS) is 1. The Hall–Kier alpha value is -2.32. The first kappa shape index (κ1) is 16.5. The first-order valence-corrected chi connectivity index (χ1v) is 8.30. The average Bonchev–Trinajstić information content (AvgIpc) is 2.93. The van der Waals surface area contributed by atoms with Gasteiger partial charge in [0.05, 0.1) is 13.2 Å². The number of carbonyl (C=O) groups is 1. The number of hydrogen-bond acceptors (Lipinski definition) is 5. The lowest BCUT2D eigenvalue weighted by atomic mass is 10.2. The third-order valence-corrected chi connectivity index (χ3v) is 4.80. The number of nitrogens with zero attached hydrogens (tertiary/aromatic N) is 2. The Morgan fingerprint density at radius 1 is 1.46 bits per heavy atom. The summed E-state index contributed by atoms with van der Waals surface area (Å²) >= 11 is 1.05. The van der Waals surface area contributed by atoms with E-state index in [1.165, 1.54) is 4.57 Å². The van der Waals surface area contributed by atoms with Crippen LogP contribution in [0.2, 0.25) is 0 Å². The number of nitrogens with one attached hydrogen (secondary N) is 1. The molecule has 0 saturated carbocycles. The Bertz CT molecular complexity index is 963. The zero-order valence-electron chi connectivity index (χ0n) is 13.3. The van der Waals surface area contributed by atoms with Crippen molar-refractivity contribution in [2.24, 2.45) is 0 Å². The van der Waals surface area contributed by atoms with E-state index >= 15 is 0 Å². The van der Waals surface area contributed by atoms with Crippen LogP contribution in [0.3, 0.4) is 0 Å². The normalized spacial score (nSPS) is 12.8. The minimum atomic E-state index is -0.952. The highest BCUT2D eigenvalue weighted by Crippen LogP contribution is 2.26. The number of fused-ring (bicyclic) bond motifs is 3. The van der Waals surface area contributed by atoms with Crippen LogP contribution in [0.1, 0.15) is 6.92 Å². The van der Waals surface area contributed by atoms with E-state index in [-0.39, 0.29) is 5.56 Å². The van der Waals surface area contributed by atoms with Gasteiger partial charge in [0, 0.05) is 18.0 Å². The molecule has 0 saturated heterocycles. The van der Waals surface area contributed by atoms with Crippen molar-refractivity contribution in [3.8, 4) is 0 Å². The lowest BCUT2D eigenvalue weighted by Crippen LogP contribution is -2.26. The van der Waals surface area contributed by atoms with Crippen molar-refractivity contribution in [1.29, 1.82) is 0 Å². The third-order valence-electron chi connectivity index (χ3n) is 3.72. The fourth-order valence-electron chi connectivity index (χ4n) is 2.45. The molecule has 8 heteroatoms. The largest absolute Gasteiger partial charge is 0.480 e. The lowest BCUT2D eigenvalue weighted by molar-refractivity contribution is -0.136. The van der Waals surface area contributed by atoms with E-state index in [9.17, 15) is 9.59 Å². The minimum Gasteiger partial charge on any atom is -0.480 e. The lowest BCUT2D eigenvalue weighted by Gasteiger charge is -2.13. The van der Waals surface area contributed by atoms with Crippen LogP contribution in [0.25, 0.3) is 21.9 Å². The van der Waals surface area contributed by atoms with Gasteiger partial charge in [-0.2, -0.15) is 0 Å². The van der Waals surface area contributed by atoms with Gasteiger partial charge in [-0.25, -0.2) is 4.98 Å². The minimum absolute atomic E-state index is 0.228. The number of rotatable bonds is 6. The molecule has 2 aromatic heterocycles. The second-order valence-electron chi connectivity index (χ2n) is 5.34. The number of aliphatic carboxylic acids is 1. The molecule has 1 aromatic carbocycles. The molecule has 24 heavy (non-hydrogen) atoms. The molecule has 0 aliphatic rings. The second-order valence-corrected chi connectivity index (χ2v) is 6.64.